The zero-order valence-corrected chi connectivity index (χ0v) is 13.9. The van der Waals surface area contributed by atoms with Crippen molar-refractivity contribution in [2.24, 2.45) is 0 Å². The molecule has 7 nitrogen and oxygen atoms in total. The van der Waals surface area contributed by atoms with E-state index < -0.39 is 15.9 Å². The van der Waals surface area contributed by atoms with Crippen molar-refractivity contribution in [2.45, 2.75) is 11.4 Å². The molecule has 1 aromatic heterocycles. The van der Waals surface area contributed by atoms with Crippen LogP contribution in [0, 0.1) is 0 Å². The summed E-state index contributed by atoms with van der Waals surface area (Å²) in [5.41, 5.74) is 1.13. The van der Waals surface area contributed by atoms with Crippen LogP contribution in [0.25, 0.3) is 10.8 Å². The molecule has 0 saturated heterocycles. The average molecular weight is 354 g/mol. The van der Waals surface area contributed by atoms with Crippen LogP contribution in [0.1, 0.15) is 5.69 Å². The Hall–Kier alpha value is -3.00. The lowest BCUT2D eigenvalue weighted by molar-refractivity contribution is -0.119. The Morgan fingerprint density at radius 3 is 2.68 bits per heavy atom. The van der Waals surface area contributed by atoms with Crippen LogP contribution >= 0.6 is 0 Å². The molecule has 0 saturated carbocycles. The van der Waals surface area contributed by atoms with Crippen molar-refractivity contribution in [1.29, 1.82) is 0 Å². The summed E-state index contributed by atoms with van der Waals surface area (Å²) in [6.07, 6.45) is 4.62. The van der Waals surface area contributed by atoms with Crippen molar-refractivity contribution in [3.8, 4) is 0 Å². The van der Waals surface area contributed by atoms with Gasteiger partial charge in [-0.2, -0.15) is 0 Å². The third-order valence-corrected chi connectivity index (χ3v) is 5.85. The molecule has 8 heteroatoms. The number of carbonyl (C=O) groups is 1. The monoisotopic (exact) mass is 354 g/mol. The van der Waals surface area contributed by atoms with Crippen molar-refractivity contribution in [3.05, 3.63) is 60.7 Å². The third-order valence-electron chi connectivity index (χ3n) is 4.05. The lowest BCUT2D eigenvalue weighted by atomic mass is 10.1. The molecule has 1 aliphatic heterocycles. The number of nitrogens with zero attached hydrogens (tertiary/aromatic N) is 3. The van der Waals surface area contributed by atoms with Crippen LogP contribution in [-0.4, -0.2) is 30.8 Å². The molecular weight excluding hydrogens is 340 g/mol. The summed E-state index contributed by atoms with van der Waals surface area (Å²) in [5.74, 6) is -0.404. The molecule has 0 radical (unpaired) electrons. The van der Waals surface area contributed by atoms with E-state index in [1.54, 1.807) is 36.7 Å². The summed E-state index contributed by atoms with van der Waals surface area (Å²) in [7, 11) is -3.73. The van der Waals surface area contributed by atoms with Gasteiger partial charge in [-0.25, -0.2) is 8.42 Å². The molecule has 0 aliphatic carbocycles. The highest BCUT2D eigenvalue weighted by Crippen LogP contribution is 2.41. The first kappa shape index (κ1) is 15.5. The summed E-state index contributed by atoms with van der Waals surface area (Å²) >= 11 is 0. The average Bonchev–Trinajstić information content (AvgIpc) is 2.84. The smallest absolute Gasteiger partial charge is 0.265 e. The molecule has 1 amide bonds. The molecule has 1 aliphatic rings. The fourth-order valence-electron chi connectivity index (χ4n) is 2.93. The number of hydrogen-bond acceptors (Lipinski definition) is 5. The van der Waals surface area contributed by atoms with E-state index in [9.17, 15) is 13.2 Å². The normalized spacial score (nSPS) is 14.6. The first-order valence-corrected chi connectivity index (χ1v) is 9.07. The Bertz CT molecular complexity index is 1060. The molecule has 0 atom stereocenters. The van der Waals surface area contributed by atoms with Crippen LogP contribution in [0.2, 0.25) is 0 Å². The zero-order chi connectivity index (χ0) is 17.4. The second-order valence-corrected chi connectivity index (χ2v) is 7.45. The summed E-state index contributed by atoms with van der Waals surface area (Å²) in [6, 6.07) is 10.5. The van der Waals surface area contributed by atoms with Gasteiger partial charge in [-0.15, -0.1) is 0 Å². The van der Waals surface area contributed by atoms with Crippen molar-refractivity contribution in [2.75, 3.05) is 10.8 Å². The van der Waals surface area contributed by atoms with Gasteiger partial charge in [0.05, 0.1) is 29.0 Å². The molecule has 2 heterocycles. The number of hydrogen-bond donors (Lipinski definition) is 1. The molecule has 126 valence electrons. The van der Waals surface area contributed by atoms with Crippen LogP contribution < -0.4 is 9.62 Å². The van der Waals surface area contributed by atoms with Gasteiger partial charge in [-0.1, -0.05) is 24.3 Å². The minimum absolute atomic E-state index is 0.192. The van der Waals surface area contributed by atoms with E-state index in [2.05, 4.69) is 15.3 Å². The number of carbonyl (C=O) groups excluding carboxylic acids is 1. The minimum atomic E-state index is -3.73. The summed E-state index contributed by atoms with van der Waals surface area (Å²) < 4.78 is 26.7. The summed E-state index contributed by atoms with van der Waals surface area (Å²) in [4.78, 5) is 20.5. The number of anilines is 1. The first-order valence-electron chi connectivity index (χ1n) is 7.63. The minimum Gasteiger partial charge on any atom is -0.349 e. The van der Waals surface area contributed by atoms with Crippen molar-refractivity contribution < 1.29 is 13.2 Å². The standard InChI is InChI=1S/C17H14N4O3S/c22-16(20-10-13-9-18-7-8-19-13)11-21-14-5-1-3-12-4-2-6-15(17(12)14)25(21,23)24/h1-9H,10-11H2,(H,20,22). The predicted octanol–water partition coefficient (Wildman–Crippen LogP) is 1.45. The molecule has 0 unspecified atom stereocenters. The lowest BCUT2D eigenvalue weighted by Crippen LogP contribution is -2.38. The Morgan fingerprint density at radius 2 is 1.92 bits per heavy atom. The lowest BCUT2D eigenvalue weighted by Gasteiger charge is -2.18. The van der Waals surface area contributed by atoms with Gasteiger partial charge in [-0.3, -0.25) is 19.1 Å². The van der Waals surface area contributed by atoms with Gasteiger partial charge in [0, 0.05) is 17.8 Å². The van der Waals surface area contributed by atoms with Crippen LogP contribution in [0.3, 0.4) is 0 Å². The van der Waals surface area contributed by atoms with Gasteiger partial charge < -0.3 is 5.32 Å². The van der Waals surface area contributed by atoms with Crippen molar-refractivity contribution in [3.63, 3.8) is 0 Å². The Balaban J connectivity index is 1.59. The number of aromatic nitrogens is 2. The van der Waals surface area contributed by atoms with Crippen LogP contribution in [0.5, 0.6) is 0 Å². The maximum atomic E-state index is 12.8. The summed E-state index contributed by atoms with van der Waals surface area (Å²) in [6.45, 7) is -0.0892. The predicted molar refractivity (Wildman–Crippen MR) is 92.4 cm³/mol. The van der Waals surface area contributed by atoms with Gasteiger partial charge in [0.1, 0.15) is 6.54 Å². The highest BCUT2D eigenvalue weighted by atomic mass is 32.2. The van der Waals surface area contributed by atoms with Gasteiger partial charge in [0.15, 0.2) is 0 Å². The number of nitrogens with one attached hydrogen (secondary N) is 1. The highest BCUT2D eigenvalue weighted by molar-refractivity contribution is 7.93. The van der Waals surface area contributed by atoms with Crippen LogP contribution in [0.4, 0.5) is 5.69 Å². The topological polar surface area (TPSA) is 92.3 Å². The maximum Gasteiger partial charge on any atom is 0.265 e. The van der Waals surface area contributed by atoms with Crippen LogP contribution in [-0.2, 0) is 21.4 Å². The molecule has 3 aromatic rings. The van der Waals surface area contributed by atoms with Crippen molar-refractivity contribution >= 4 is 32.4 Å². The fourth-order valence-corrected chi connectivity index (χ4v) is 4.59. The van der Waals surface area contributed by atoms with E-state index in [1.165, 1.54) is 6.20 Å². The van der Waals surface area contributed by atoms with Gasteiger partial charge in [0.2, 0.25) is 5.91 Å². The molecule has 1 N–H and O–H groups in total. The Morgan fingerprint density at radius 1 is 1.12 bits per heavy atom. The maximum absolute atomic E-state index is 12.8. The number of benzene rings is 2. The van der Waals surface area contributed by atoms with E-state index in [0.29, 0.717) is 16.8 Å². The molecular formula is C17H14N4O3S. The Kier molecular flexibility index (Phi) is 3.61. The molecule has 25 heavy (non-hydrogen) atoms. The number of sulfonamides is 1. The largest absolute Gasteiger partial charge is 0.349 e. The summed E-state index contributed by atoms with van der Waals surface area (Å²) in [5, 5.41) is 4.17. The molecule has 0 fully saturated rings. The molecule has 0 spiro atoms. The fraction of sp³-hybridized carbons (Fsp3) is 0.118. The van der Waals surface area contributed by atoms with Crippen LogP contribution in [0.15, 0.2) is 59.9 Å². The van der Waals surface area contributed by atoms with Gasteiger partial charge in [-0.05, 0) is 17.5 Å². The second kappa shape index (κ2) is 5.82. The first-order chi connectivity index (χ1) is 12.1. The molecule has 4 rings (SSSR count). The van der Waals surface area contributed by atoms with E-state index >= 15 is 0 Å². The SMILES string of the molecule is O=C(CN1c2cccc3cccc(c23)S1(=O)=O)NCc1cnccn1. The van der Waals surface area contributed by atoms with Gasteiger partial charge in [0.25, 0.3) is 10.0 Å². The number of amides is 1. The van der Waals surface area contributed by atoms with E-state index in [-0.39, 0.29) is 18.0 Å². The zero-order valence-electron chi connectivity index (χ0n) is 13.1. The number of rotatable bonds is 4. The highest BCUT2D eigenvalue weighted by Gasteiger charge is 2.36. The Labute approximate surface area is 144 Å². The molecule has 2 aromatic carbocycles. The third kappa shape index (κ3) is 2.60. The van der Waals surface area contributed by atoms with E-state index in [0.717, 1.165) is 9.69 Å². The van der Waals surface area contributed by atoms with E-state index in [1.807, 2.05) is 12.1 Å². The van der Waals surface area contributed by atoms with Crippen molar-refractivity contribution in [1.82, 2.24) is 15.3 Å². The second-order valence-electron chi connectivity index (χ2n) is 5.62. The molecule has 0 bridgehead atoms. The van der Waals surface area contributed by atoms with Gasteiger partial charge >= 0.3 is 0 Å². The quantitative estimate of drug-likeness (QED) is 0.766. The van der Waals surface area contributed by atoms with E-state index in [4.69, 9.17) is 0 Å².